The molecule has 3 nitrogen and oxygen atoms in total. The van der Waals surface area contributed by atoms with E-state index in [2.05, 4.69) is 42.4 Å². The van der Waals surface area contributed by atoms with E-state index in [0.29, 0.717) is 5.41 Å². The van der Waals surface area contributed by atoms with Gasteiger partial charge in [-0.05, 0) is 41.9 Å². The summed E-state index contributed by atoms with van der Waals surface area (Å²) in [6, 6.07) is 6.91. The number of likely N-dealkylation sites (N-methyl/N-ethyl adjacent to an activating group) is 1. The zero-order valence-electron chi connectivity index (χ0n) is 12.7. The van der Waals surface area contributed by atoms with Gasteiger partial charge in [0.15, 0.2) is 0 Å². The van der Waals surface area contributed by atoms with Crippen molar-refractivity contribution in [1.82, 2.24) is 5.32 Å². The predicted octanol–water partition coefficient (Wildman–Crippen LogP) is 2.59. The van der Waals surface area contributed by atoms with Crippen LogP contribution in [0.5, 0.6) is 0 Å². The van der Waals surface area contributed by atoms with Gasteiger partial charge in [-0.3, -0.25) is 0 Å². The second kappa shape index (κ2) is 5.74. The molecule has 1 N–H and O–H groups in total. The molecule has 0 atom stereocenters. The quantitative estimate of drug-likeness (QED) is 0.913. The van der Waals surface area contributed by atoms with Gasteiger partial charge < -0.3 is 15.0 Å². The standard InChI is InChI=1S/C17H26N2O/c1-17(6-9-20-10-7-17)13-18-12-14-3-4-16-15(11-14)5-8-19(16)2/h3-4,11,18H,5-10,12-13H2,1-2H3. The van der Waals surface area contributed by atoms with E-state index in [1.165, 1.54) is 36.1 Å². The van der Waals surface area contributed by atoms with Gasteiger partial charge in [0.2, 0.25) is 0 Å². The summed E-state index contributed by atoms with van der Waals surface area (Å²) in [6.07, 6.45) is 3.54. The fraction of sp³-hybridized carbons (Fsp3) is 0.647. The summed E-state index contributed by atoms with van der Waals surface area (Å²) in [5, 5.41) is 3.65. The lowest BCUT2D eigenvalue weighted by molar-refractivity contribution is 0.0240. The van der Waals surface area contributed by atoms with Gasteiger partial charge in [-0.2, -0.15) is 0 Å². The van der Waals surface area contributed by atoms with Crippen molar-refractivity contribution in [3.63, 3.8) is 0 Å². The molecule has 110 valence electrons. The van der Waals surface area contributed by atoms with Gasteiger partial charge in [-0.1, -0.05) is 19.1 Å². The number of nitrogens with zero attached hydrogens (tertiary/aromatic N) is 1. The van der Waals surface area contributed by atoms with Gasteiger partial charge in [0.05, 0.1) is 0 Å². The predicted molar refractivity (Wildman–Crippen MR) is 83.3 cm³/mol. The summed E-state index contributed by atoms with van der Waals surface area (Å²) >= 11 is 0. The number of hydrogen-bond acceptors (Lipinski definition) is 3. The minimum atomic E-state index is 0.412. The van der Waals surface area contributed by atoms with Crippen LogP contribution >= 0.6 is 0 Å². The van der Waals surface area contributed by atoms with Crippen molar-refractivity contribution in [3.8, 4) is 0 Å². The van der Waals surface area contributed by atoms with Crippen LogP contribution in [0, 0.1) is 5.41 Å². The van der Waals surface area contributed by atoms with Crippen LogP contribution in [0.25, 0.3) is 0 Å². The van der Waals surface area contributed by atoms with Gasteiger partial charge >= 0.3 is 0 Å². The Bertz CT molecular complexity index is 466. The van der Waals surface area contributed by atoms with E-state index in [1.54, 1.807) is 0 Å². The fourth-order valence-electron chi connectivity index (χ4n) is 3.28. The minimum absolute atomic E-state index is 0.412. The van der Waals surface area contributed by atoms with Crippen molar-refractivity contribution in [1.29, 1.82) is 0 Å². The molecular formula is C17H26N2O. The van der Waals surface area contributed by atoms with Crippen molar-refractivity contribution in [2.45, 2.75) is 32.7 Å². The van der Waals surface area contributed by atoms with Crippen LogP contribution in [0.4, 0.5) is 5.69 Å². The summed E-state index contributed by atoms with van der Waals surface area (Å²) in [4.78, 5) is 2.34. The van der Waals surface area contributed by atoms with Crippen LogP contribution in [0.2, 0.25) is 0 Å². The highest BCUT2D eigenvalue weighted by Gasteiger charge is 2.26. The van der Waals surface area contributed by atoms with E-state index in [1.807, 2.05) is 0 Å². The van der Waals surface area contributed by atoms with Gasteiger partial charge in [-0.15, -0.1) is 0 Å². The highest BCUT2D eigenvalue weighted by atomic mass is 16.5. The molecule has 1 aromatic rings. The van der Waals surface area contributed by atoms with Crippen LogP contribution in [-0.2, 0) is 17.7 Å². The van der Waals surface area contributed by atoms with Crippen LogP contribution < -0.4 is 10.2 Å². The van der Waals surface area contributed by atoms with E-state index >= 15 is 0 Å². The molecule has 2 heterocycles. The third-order valence-electron chi connectivity index (χ3n) is 4.85. The smallest absolute Gasteiger partial charge is 0.0471 e. The van der Waals surface area contributed by atoms with E-state index in [9.17, 15) is 0 Å². The first-order valence-corrected chi connectivity index (χ1v) is 7.78. The molecule has 20 heavy (non-hydrogen) atoms. The van der Waals surface area contributed by atoms with Gasteiger partial charge in [0.1, 0.15) is 0 Å². The Morgan fingerprint density at radius 3 is 2.90 bits per heavy atom. The molecule has 0 amide bonds. The first kappa shape index (κ1) is 13.9. The minimum Gasteiger partial charge on any atom is -0.381 e. The number of ether oxygens (including phenoxy) is 1. The SMILES string of the molecule is CN1CCc2cc(CNCC3(C)CCOCC3)ccc21. The number of hydrogen-bond donors (Lipinski definition) is 1. The highest BCUT2D eigenvalue weighted by molar-refractivity contribution is 5.58. The molecule has 0 spiro atoms. The van der Waals surface area contributed by atoms with Crippen molar-refractivity contribution in [2.75, 3.05) is 38.3 Å². The topological polar surface area (TPSA) is 24.5 Å². The molecule has 0 bridgehead atoms. The summed E-state index contributed by atoms with van der Waals surface area (Å²) in [5.74, 6) is 0. The Morgan fingerprint density at radius 1 is 1.30 bits per heavy atom. The molecule has 0 aromatic heterocycles. The number of benzene rings is 1. The maximum absolute atomic E-state index is 5.46. The Morgan fingerprint density at radius 2 is 2.10 bits per heavy atom. The zero-order chi connectivity index (χ0) is 14.0. The van der Waals surface area contributed by atoms with E-state index in [4.69, 9.17) is 4.74 Å². The lowest BCUT2D eigenvalue weighted by Crippen LogP contribution is -2.36. The fourth-order valence-corrected chi connectivity index (χ4v) is 3.28. The number of rotatable bonds is 4. The Hall–Kier alpha value is -1.06. The molecule has 1 saturated heterocycles. The van der Waals surface area contributed by atoms with Gasteiger partial charge in [0, 0.05) is 45.6 Å². The van der Waals surface area contributed by atoms with Gasteiger partial charge in [0.25, 0.3) is 0 Å². The molecule has 0 radical (unpaired) electrons. The summed E-state index contributed by atoms with van der Waals surface area (Å²) in [7, 11) is 2.18. The zero-order valence-corrected chi connectivity index (χ0v) is 12.7. The maximum atomic E-state index is 5.46. The molecule has 1 fully saturated rings. The molecule has 1 aromatic carbocycles. The second-order valence-electron chi connectivity index (χ2n) is 6.66. The van der Waals surface area contributed by atoms with Crippen molar-refractivity contribution in [2.24, 2.45) is 5.41 Å². The molecule has 0 unspecified atom stereocenters. The third-order valence-corrected chi connectivity index (χ3v) is 4.85. The number of nitrogens with one attached hydrogen (secondary N) is 1. The Kier molecular flexibility index (Phi) is 3.99. The largest absolute Gasteiger partial charge is 0.381 e. The molecular weight excluding hydrogens is 248 g/mol. The van der Waals surface area contributed by atoms with Gasteiger partial charge in [-0.25, -0.2) is 0 Å². The van der Waals surface area contributed by atoms with Crippen molar-refractivity contribution in [3.05, 3.63) is 29.3 Å². The first-order valence-electron chi connectivity index (χ1n) is 7.78. The molecule has 0 aliphatic carbocycles. The molecule has 3 rings (SSSR count). The number of anilines is 1. The first-order chi connectivity index (χ1) is 9.66. The Balaban J connectivity index is 1.54. The molecule has 0 saturated carbocycles. The number of fused-ring (bicyclic) bond motifs is 1. The average molecular weight is 274 g/mol. The Labute approximate surface area is 122 Å². The molecule has 3 heteroatoms. The highest BCUT2D eigenvalue weighted by Crippen LogP contribution is 2.29. The summed E-state index contributed by atoms with van der Waals surface area (Å²) < 4.78 is 5.46. The van der Waals surface area contributed by atoms with Crippen molar-refractivity contribution < 1.29 is 4.74 Å². The molecule has 2 aliphatic rings. The third kappa shape index (κ3) is 2.99. The normalized spacial score (nSPS) is 21.0. The molecule has 2 aliphatic heterocycles. The average Bonchev–Trinajstić information content (AvgIpc) is 2.81. The van der Waals surface area contributed by atoms with Crippen LogP contribution in [0.15, 0.2) is 18.2 Å². The summed E-state index contributed by atoms with van der Waals surface area (Å²) in [6.45, 7) is 7.44. The van der Waals surface area contributed by atoms with Crippen molar-refractivity contribution >= 4 is 5.69 Å². The maximum Gasteiger partial charge on any atom is 0.0471 e. The lowest BCUT2D eigenvalue weighted by atomic mass is 9.82. The van der Waals surface area contributed by atoms with E-state index < -0.39 is 0 Å². The lowest BCUT2D eigenvalue weighted by Gasteiger charge is -2.33. The van der Waals surface area contributed by atoms with Crippen LogP contribution in [-0.4, -0.2) is 33.4 Å². The second-order valence-corrected chi connectivity index (χ2v) is 6.66. The van der Waals surface area contributed by atoms with E-state index in [-0.39, 0.29) is 0 Å². The monoisotopic (exact) mass is 274 g/mol. The summed E-state index contributed by atoms with van der Waals surface area (Å²) in [5.41, 5.74) is 4.73. The van der Waals surface area contributed by atoms with E-state index in [0.717, 1.165) is 32.8 Å². The van der Waals surface area contributed by atoms with Crippen LogP contribution in [0.1, 0.15) is 30.9 Å². The van der Waals surface area contributed by atoms with Crippen LogP contribution in [0.3, 0.4) is 0 Å².